The summed E-state index contributed by atoms with van der Waals surface area (Å²) in [7, 11) is 2.00. The zero-order valence-electron chi connectivity index (χ0n) is 13.9. The van der Waals surface area contributed by atoms with E-state index in [1.165, 1.54) is 6.42 Å². The molecule has 6 nitrogen and oxygen atoms in total. The fourth-order valence-electron chi connectivity index (χ4n) is 3.51. The van der Waals surface area contributed by atoms with E-state index in [0.717, 1.165) is 57.7 Å². The molecule has 3 rings (SSSR count). The van der Waals surface area contributed by atoms with Gasteiger partial charge in [-0.1, -0.05) is 12.8 Å². The van der Waals surface area contributed by atoms with Crippen molar-refractivity contribution >= 4 is 11.8 Å². The van der Waals surface area contributed by atoms with Crippen LogP contribution in [0.2, 0.25) is 0 Å². The number of aliphatic hydroxyl groups excluding tert-OH is 1. The van der Waals surface area contributed by atoms with E-state index in [1.54, 1.807) is 6.20 Å². The first-order chi connectivity index (χ1) is 11.2. The van der Waals surface area contributed by atoms with Crippen molar-refractivity contribution in [3.63, 3.8) is 0 Å². The minimum Gasteiger partial charge on any atom is -0.393 e. The van der Waals surface area contributed by atoms with Gasteiger partial charge < -0.3 is 20.1 Å². The third-order valence-electron chi connectivity index (χ3n) is 4.87. The van der Waals surface area contributed by atoms with Crippen molar-refractivity contribution in [2.24, 2.45) is 5.92 Å². The van der Waals surface area contributed by atoms with Crippen LogP contribution in [-0.2, 0) is 4.74 Å². The quantitative estimate of drug-likeness (QED) is 0.865. The Bertz CT molecular complexity index is 493. The summed E-state index contributed by atoms with van der Waals surface area (Å²) in [6, 6.07) is 2.23. The van der Waals surface area contributed by atoms with Crippen molar-refractivity contribution in [1.82, 2.24) is 9.97 Å². The summed E-state index contributed by atoms with van der Waals surface area (Å²) in [5.74, 6) is 1.88. The third kappa shape index (κ3) is 4.54. The molecule has 1 aromatic rings. The summed E-state index contributed by atoms with van der Waals surface area (Å²) < 4.78 is 5.50. The van der Waals surface area contributed by atoms with Gasteiger partial charge in [0.05, 0.1) is 18.8 Å². The van der Waals surface area contributed by atoms with Gasteiger partial charge in [0.25, 0.3) is 0 Å². The maximum Gasteiger partial charge on any atom is 0.226 e. The number of nitrogens with zero attached hydrogens (tertiary/aromatic N) is 3. The molecule has 3 atom stereocenters. The second kappa shape index (κ2) is 7.93. The topological polar surface area (TPSA) is 70.5 Å². The second-order valence-corrected chi connectivity index (χ2v) is 6.79. The van der Waals surface area contributed by atoms with Crippen molar-refractivity contribution in [2.75, 3.05) is 37.0 Å². The average molecular weight is 320 g/mol. The molecular weight excluding hydrogens is 292 g/mol. The van der Waals surface area contributed by atoms with Crippen LogP contribution in [0.15, 0.2) is 12.3 Å². The predicted octanol–water partition coefficient (Wildman–Crippen LogP) is 2.05. The smallest absolute Gasteiger partial charge is 0.226 e. The lowest BCUT2D eigenvalue weighted by atomic mass is 9.86. The standard InChI is InChI=1S/C17H28N4O2/c1-21(11-13-5-2-3-7-15(13)22)17-18-9-8-16(20-17)19-14-6-4-10-23-12-14/h8-9,13-15,22H,2-7,10-12H2,1H3,(H,18,19,20)/t13-,14+,15-/m0/s1. The Morgan fingerprint density at radius 1 is 1.30 bits per heavy atom. The summed E-state index contributed by atoms with van der Waals surface area (Å²) >= 11 is 0. The van der Waals surface area contributed by atoms with E-state index < -0.39 is 0 Å². The molecule has 0 unspecified atom stereocenters. The Balaban J connectivity index is 1.59. The fourth-order valence-corrected chi connectivity index (χ4v) is 3.51. The Labute approximate surface area is 138 Å². The number of hydrogen-bond donors (Lipinski definition) is 2. The molecule has 1 aliphatic heterocycles. The van der Waals surface area contributed by atoms with Gasteiger partial charge in [-0.15, -0.1) is 0 Å². The van der Waals surface area contributed by atoms with Gasteiger partial charge in [0.15, 0.2) is 0 Å². The average Bonchev–Trinajstić information content (AvgIpc) is 2.58. The number of anilines is 2. The van der Waals surface area contributed by atoms with Crippen molar-refractivity contribution in [2.45, 2.75) is 50.7 Å². The van der Waals surface area contributed by atoms with E-state index >= 15 is 0 Å². The zero-order valence-corrected chi connectivity index (χ0v) is 13.9. The molecule has 2 aliphatic rings. The minimum atomic E-state index is -0.188. The van der Waals surface area contributed by atoms with Gasteiger partial charge in [0.2, 0.25) is 5.95 Å². The lowest BCUT2D eigenvalue weighted by Gasteiger charge is -2.31. The van der Waals surface area contributed by atoms with Gasteiger partial charge >= 0.3 is 0 Å². The van der Waals surface area contributed by atoms with Gasteiger partial charge in [0.1, 0.15) is 5.82 Å². The monoisotopic (exact) mass is 320 g/mol. The highest BCUT2D eigenvalue weighted by atomic mass is 16.5. The summed E-state index contributed by atoms with van der Waals surface area (Å²) in [6.45, 7) is 2.40. The molecule has 0 bridgehead atoms. The molecule has 0 aromatic carbocycles. The largest absolute Gasteiger partial charge is 0.393 e. The molecule has 2 heterocycles. The molecule has 23 heavy (non-hydrogen) atoms. The summed E-state index contributed by atoms with van der Waals surface area (Å²) in [4.78, 5) is 11.1. The van der Waals surface area contributed by atoms with Gasteiger partial charge in [0, 0.05) is 32.3 Å². The maximum absolute atomic E-state index is 10.1. The first-order valence-electron chi connectivity index (χ1n) is 8.79. The molecule has 6 heteroatoms. The highest BCUT2D eigenvalue weighted by Gasteiger charge is 2.25. The van der Waals surface area contributed by atoms with Crippen LogP contribution in [0.5, 0.6) is 0 Å². The van der Waals surface area contributed by atoms with Gasteiger partial charge in [-0.25, -0.2) is 4.98 Å². The van der Waals surface area contributed by atoms with Crippen molar-refractivity contribution in [3.05, 3.63) is 12.3 Å². The number of nitrogens with one attached hydrogen (secondary N) is 1. The Morgan fingerprint density at radius 2 is 2.17 bits per heavy atom. The van der Waals surface area contributed by atoms with Crippen LogP contribution in [-0.4, -0.2) is 54.0 Å². The van der Waals surface area contributed by atoms with Crippen molar-refractivity contribution < 1.29 is 9.84 Å². The van der Waals surface area contributed by atoms with E-state index in [2.05, 4.69) is 20.2 Å². The van der Waals surface area contributed by atoms with Crippen molar-refractivity contribution in [1.29, 1.82) is 0 Å². The summed E-state index contributed by atoms with van der Waals surface area (Å²) in [5, 5.41) is 13.6. The van der Waals surface area contributed by atoms with Crippen LogP contribution in [0.4, 0.5) is 11.8 Å². The lowest BCUT2D eigenvalue weighted by molar-refractivity contribution is 0.0735. The van der Waals surface area contributed by atoms with E-state index in [0.29, 0.717) is 17.9 Å². The van der Waals surface area contributed by atoms with Gasteiger partial charge in [-0.2, -0.15) is 4.98 Å². The lowest BCUT2D eigenvalue weighted by Crippen LogP contribution is -2.36. The van der Waals surface area contributed by atoms with Gasteiger partial charge in [-0.3, -0.25) is 0 Å². The normalized spacial score (nSPS) is 28.3. The summed E-state index contributed by atoms with van der Waals surface area (Å²) in [5.41, 5.74) is 0. The highest BCUT2D eigenvalue weighted by molar-refractivity contribution is 5.41. The molecule has 128 valence electrons. The fraction of sp³-hybridized carbons (Fsp3) is 0.765. The molecule has 0 spiro atoms. The van der Waals surface area contributed by atoms with Crippen LogP contribution in [0.1, 0.15) is 38.5 Å². The van der Waals surface area contributed by atoms with E-state index in [4.69, 9.17) is 4.74 Å². The zero-order chi connectivity index (χ0) is 16.1. The number of ether oxygens (including phenoxy) is 1. The molecule has 2 fully saturated rings. The van der Waals surface area contributed by atoms with Crippen LogP contribution in [0.3, 0.4) is 0 Å². The van der Waals surface area contributed by atoms with Crippen molar-refractivity contribution in [3.8, 4) is 0 Å². The van der Waals surface area contributed by atoms with E-state index in [1.807, 2.05) is 13.1 Å². The molecule has 1 saturated heterocycles. The molecule has 1 saturated carbocycles. The predicted molar refractivity (Wildman–Crippen MR) is 90.7 cm³/mol. The first-order valence-corrected chi connectivity index (χ1v) is 8.79. The number of aromatic nitrogens is 2. The highest BCUT2D eigenvalue weighted by Crippen LogP contribution is 2.26. The van der Waals surface area contributed by atoms with Gasteiger partial charge in [-0.05, 0) is 31.7 Å². The number of aliphatic hydroxyl groups is 1. The molecular formula is C17H28N4O2. The number of rotatable bonds is 5. The van der Waals surface area contributed by atoms with E-state index in [9.17, 15) is 5.11 Å². The summed E-state index contributed by atoms with van der Waals surface area (Å²) in [6.07, 6.45) is 8.17. The van der Waals surface area contributed by atoms with Crippen LogP contribution >= 0.6 is 0 Å². The minimum absolute atomic E-state index is 0.188. The molecule has 0 radical (unpaired) electrons. The van der Waals surface area contributed by atoms with Crippen LogP contribution in [0.25, 0.3) is 0 Å². The first kappa shape index (κ1) is 16.5. The van der Waals surface area contributed by atoms with Crippen LogP contribution < -0.4 is 10.2 Å². The molecule has 0 amide bonds. The van der Waals surface area contributed by atoms with Crippen LogP contribution in [0, 0.1) is 5.92 Å². The SMILES string of the molecule is CN(C[C@@H]1CCCC[C@@H]1O)c1nccc(N[C@@H]2CCCOC2)n1. The second-order valence-electron chi connectivity index (χ2n) is 6.79. The molecule has 2 N–H and O–H groups in total. The Morgan fingerprint density at radius 3 is 2.96 bits per heavy atom. The Kier molecular flexibility index (Phi) is 5.67. The maximum atomic E-state index is 10.1. The Hall–Kier alpha value is -1.40. The number of hydrogen-bond acceptors (Lipinski definition) is 6. The molecule has 1 aromatic heterocycles. The third-order valence-corrected chi connectivity index (χ3v) is 4.87. The molecule has 1 aliphatic carbocycles. The van der Waals surface area contributed by atoms with E-state index in [-0.39, 0.29) is 6.10 Å².